The summed E-state index contributed by atoms with van der Waals surface area (Å²) >= 11 is 0. The summed E-state index contributed by atoms with van der Waals surface area (Å²) in [6.07, 6.45) is 1.86. The standard InChI is InChI=1S/C15H21FN2O/c16-12-3-1-2-10(6-12)14(7-17)18-8-11-4-5-15(19)13(11)9-18/h1-3,6,11,13-15,19H,4-5,7-9,17H2. The molecule has 1 heterocycles. The molecule has 19 heavy (non-hydrogen) atoms. The van der Waals surface area contributed by atoms with Gasteiger partial charge in [0.25, 0.3) is 0 Å². The molecular weight excluding hydrogens is 243 g/mol. The Morgan fingerprint density at radius 1 is 1.37 bits per heavy atom. The van der Waals surface area contributed by atoms with Crippen LogP contribution >= 0.6 is 0 Å². The van der Waals surface area contributed by atoms with Crippen LogP contribution in [0.1, 0.15) is 24.4 Å². The van der Waals surface area contributed by atoms with Gasteiger partial charge in [-0.2, -0.15) is 0 Å². The first kappa shape index (κ1) is 13.0. The number of aliphatic hydroxyl groups excluding tert-OH is 1. The van der Waals surface area contributed by atoms with Gasteiger partial charge in [-0.05, 0) is 36.5 Å². The lowest BCUT2D eigenvalue weighted by atomic mass is 10.00. The van der Waals surface area contributed by atoms with Gasteiger partial charge in [0, 0.05) is 31.6 Å². The first-order valence-electron chi connectivity index (χ1n) is 7.06. The van der Waals surface area contributed by atoms with Gasteiger partial charge in [-0.3, -0.25) is 4.90 Å². The second-order valence-corrected chi connectivity index (χ2v) is 5.83. The largest absolute Gasteiger partial charge is 0.393 e. The Hall–Kier alpha value is -0.970. The van der Waals surface area contributed by atoms with Crippen molar-refractivity contribution in [2.24, 2.45) is 17.6 Å². The molecule has 4 unspecified atom stereocenters. The molecule has 1 aromatic carbocycles. The van der Waals surface area contributed by atoms with Crippen LogP contribution in [0.25, 0.3) is 0 Å². The van der Waals surface area contributed by atoms with Crippen LogP contribution < -0.4 is 5.73 Å². The topological polar surface area (TPSA) is 49.5 Å². The molecule has 4 heteroatoms. The molecule has 3 nitrogen and oxygen atoms in total. The van der Waals surface area contributed by atoms with Crippen LogP contribution in [0.5, 0.6) is 0 Å². The van der Waals surface area contributed by atoms with Gasteiger partial charge in [0.2, 0.25) is 0 Å². The molecule has 3 rings (SSSR count). The van der Waals surface area contributed by atoms with Gasteiger partial charge in [0.1, 0.15) is 5.82 Å². The highest BCUT2D eigenvalue weighted by atomic mass is 19.1. The third kappa shape index (κ3) is 2.40. The molecule has 0 spiro atoms. The lowest BCUT2D eigenvalue weighted by Gasteiger charge is -2.28. The van der Waals surface area contributed by atoms with Crippen molar-refractivity contribution >= 4 is 0 Å². The molecule has 3 N–H and O–H groups in total. The second kappa shape index (κ2) is 5.19. The quantitative estimate of drug-likeness (QED) is 0.870. The summed E-state index contributed by atoms with van der Waals surface area (Å²) in [6.45, 7) is 2.34. The molecule has 0 radical (unpaired) electrons. The van der Waals surface area contributed by atoms with Gasteiger partial charge in [0.05, 0.1) is 6.10 Å². The van der Waals surface area contributed by atoms with Gasteiger partial charge >= 0.3 is 0 Å². The number of hydrogen-bond donors (Lipinski definition) is 2. The van der Waals surface area contributed by atoms with E-state index < -0.39 is 0 Å². The van der Waals surface area contributed by atoms with Crippen molar-refractivity contribution in [2.75, 3.05) is 19.6 Å². The molecule has 1 aromatic rings. The van der Waals surface area contributed by atoms with Crippen molar-refractivity contribution < 1.29 is 9.50 Å². The van der Waals surface area contributed by atoms with E-state index in [1.165, 1.54) is 6.07 Å². The van der Waals surface area contributed by atoms with Gasteiger partial charge in [0.15, 0.2) is 0 Å². The number of hydrogen-bond acceptors (Lipinski definition) is 3. The molecular formula is C15H21FN2O. The molecule has 1 saturated heterocycles. The number of fused-ring (bicyclic) bond motifs is 1. The first-order valence-corrected chi connectivity index (χ1v) is 7.06. The zero-order chi connectivity index (χ0) is 13.4. The fourth-order valence-corrected chi connectivity index (χ4v) is 3.74. The van der Waals surface area contributed by atoms with E-state index in [9.17, 15) is 9.50 Å². The Kier molecular flexibility index (Phi) is 3.56. The maximum atomic E-state index is 13.3. The van der Waals surface area contributed by atoms with Crippen LogP contribution in [0, 0.1) is 17.7 Å². The molecule has 2 fully saturated rings. The van der Waals surface area contributed by atoms with Crippen LogP contribution in [0.4, 0.5) is 4.39 Å². The molecule has 1 aliphatic carbocycles. The molecule has 0 aromatic heterocycles. The summed E-state index contributed by atoms with van der Waals surface area (Å²) in [6, 6.07) is 6.76. The van der Waals surface area contributed by atoms with Crippen molar-refractivity contribution in [2.45, 2.75) is 25.0 Å². The Balaban J connectivity index is 1.77. The van der Waals surface area contributed by atoms with Crippen molar-refractivity contribution in [1.29, 1.82) is 0 Å². The molecule has 4 atom stereocenters. The fourth-order valence-electron chi connectivity index (χ4n) is 3.74. The van der Waals surface area contributed by atoms with Crippen LogP contribution in [0.3, 0.4) is 0 Å². The highest BCUT2D eigenvalue weighted by Crippen LogP contribution is 2.40. The number of aliphatic hydroxyl groups is 1. The van der Waals surface area contributed by atoms with Gasteiger partial charge < -0.3 is 10.8 Å². The van der Waals surface area contributed by atoms with Gasteiger partial charge in [-0.25, -0.2) is 4.39 Å². The molecule has 1 saturated carbocycles. The summed E-state index contributed by atoms with van der Waals surface area (Å²) in [5.41, 5.74) is 6.83. The molecule has 0 bridgehead atoms. The smallest absolute Gasteiger partial charge is 0.123 e. The van der Waals surface area contributed by atoms with Crippen LogP contribution in [-0.4, -0.2) is 35.7 Å². The molecule has 104 valence electrons. The average Bonchev–Trinajstić information content (AvgIpc) is 2.94. The minimum atomic E-state index is -0.213. The van der Waals surface area contributed by atoms with Gasteiger partial charge in [-0.1, -0.05) is 12.1 Å². The van der Waals surface area contributed by atoms with E-state index in [1.807, 2.05) is 6.07 Å². The highest BCUT2D eigenvalue weighted by Gasteiger charge is 2.43. The van der Waals surface area contributed by atoms with E-state index in [1.54, 1.807) is 12.1 Å². The van der Waals surface area contributed by atoms with Crippen molar-refractivity contribution in [3.63, 3.8) is 0 Å². The average molecular weight is 264 g/mol. The predicted octanol–water partition coefficient (Wildman–Crippen LogP) is 1.53. The maximum Gasteiger partial charge on any atom is 0.123 e. The summed E-state index contributed by atoms with van der Waals surface area (Å²) in [5, 5.41) is 9.97. The maximum absolute atomic E-state index is 13.3. The number of nitrogens with zero attached hydrogens (tertiary/aromatic N) is 1. The minimum absolute atomic E-state index is 0.0634. The Morgan fingerprint density at radius 3 is 2.89 bits per heavy atom. The van der Waals surface area contributed by atoms with Gasteiger partial charge in [-0.15, -0.1) is 0 Å². The number of nitrogens with two attached hydrogens (primary N) is 1. The van der Waals surface area contributed by atoms with E-state index in [0.717, 1.165) is 31.5 Å². The number of halogens is 1. The predicted molar refractivity (Wildman–Crippen MR) is 72.0 cm³/mol. The summed E-state index contributed by atoms with van der Waals surface area (Å²) < 4.78 is 13.3. The fraction of sp³-hybridized carbons (Fsp3) is 0.600. The monoisotopic (exact) mass is 264 g/mol. The third-order valence-electron chi connectivity index (χ3n) is 4.74. The van der Waals surface area contributed by atoms with Crippen molar-refractivity contribution in [3.8, 4) is 0 Å². The zero-order valence-corrected chi connectivity index (χ0v) is 11.0. The number of benzene rings is 1. The normalized spacial score (nSPS) is 32.5. The van der Waals surface area contributed by atoms with Crippen LogP contribution in [0.15, 0.2) is 24.3 Å². The van der Waals surface area contributed by atoms with Crippen molar-refractivity contribution in [1.82, 2.24) is 4.90 Å². The van der Waals surface area contributed by atoms with Crippen LogP contribution in [-0.2, 0) is 0 Å². The van der Waals surface area contributed by atoms with E-state index in [2.05, 4.69) is 4.90 Å². The molecule has 2 aliphatic rings. The van der Waals surface area contributed by atoms with E-state index in [0.29, 0.717) is 18.4 Å². The zero-order valence-electron chi connectivity index (χ0n) is 11.0. The summed E-state index contributed by atoms with van der Waals surface area (Å²) in [4.78, 5) is 2.31. The number of rotatable bonds is 3. The molecule has 1 aliphatic heterocycles. The lowest BCUT2D eigenvalue weighted by molar-refractivity contribution is 0.118. The van der Waals surface area contributed by atoms with E-state index >= 15 is 0 Å². The Bertz CT molecular complexity index is 454. The first-order chi connectivity index (χ1) is 9.19. The van der Waals surface area contributed by atoms with E-state index in [-0.39, 0.29) is 18.0 Å². The Labute approximate surface area is 113 Å². The second-order valence-electron chi connectivity index (χ2n) is 5.83. The SMILES string of the molecule is NCC(c1cccc(F)c1)N1CC2CCC(O)C2C1. The summed E-state index contributed by atoms with van der Waals surface area (Å²) in [5.74, 6) is 0.746. The van der Waals surface area contributed by atoms with E-state index in [4.69, 9.17) is 5.73 Å². The molecule has 0 amide bonds. The number of likely N-dealkylation sites (tertiary alicyclic amines) is 1. The lowest BCUT2D eigenvalue weighted by Crippen LogP contribution is -2.33. The third-order valence-corrected chi connectivity index (χ3v) is 4.74. The highest BCUT2D eigenvalue weighted by molar-refractivity contribution is 5.21. The van der Waals surface area contributed by atoms with Crippen molar-refractivity contribution in [3.05, 3.63) is 35.6 Å². The summed E-state index contributed by atoms with van der Waals surface area (Å²) in [7, 11) is 0. The minimum Gasteiger partial charge on any atom is -0.393 e. The Morgan fingerprint density at radius 2 is 2.21 bits per heavy atom. The van der Waals surface area contributed by atoms with Crippen LogP contribution in [0.2, 0.25) is 0 Å².